The predicted molar refractivity (Wildman–Crippen MR) is 115 cm³/mol. The molecule has 0 amide bonds. The van der Waals surface area contributed by atoms with Crippen molar-refractivity contribution in [3.8, 4) is 0 Å². The van der Waals surface area contributed by atoms with Crippen LogP contribution in [0.4, 0.5) is 10.3 Å². The van der Waals surface area contributed by atoms with Gasteiger partial charge in [0.05, 0.1) is 11.7 Å². The van der Waals surface area contributed by atoms with Crippen LogP contribution in [0.3, 0.4) is 0 Å². The van der Waals surface area contributed by atoms with Crippen molar-refractivity contribution in [2.45, 2.75) is 39.2 Å². The van der Waals surface area contributed by atoms with Crippen molar-refractivity contribution in [2.75, 3.05) is 5.43 Å². The smallest absolute Gasteiger partial charge is 0.265 e. The highest BCUT2D eigenvalue weighted by Gasteiger charge is 2.14. The van der Waals surface area contributed by atoms with E-state index in [2.05, 4.69) is 49.3 Å². The molecule has 0 aliphatic heterocycles. The number of aromatic nitrogens is 4. The Kier molecular flexibility index (Phi) is 5.74. The lowest BCUT2D eigenvalue weighted by Crippen LogP contribution is -2.03. The predicted octanol–water partition coefficient (Wildman–Crippen LogP) is 5.14. The number of fused-ring (bicyclic) bond motifs is 3. The average Bonchev–Trinajstić information content (AvgIpc) is 3.06. The number of benzene rings is 2. The minimum absolute atomic E-state index is 0.278. The number of nitrogens with zero attached hydrogens (tertiary/aromatic N) is 5. The molecular formula is C22H23FN6. The molecule has 4 aromatic rings. The zero-order valence-corrected chi connectivity index (χ0v) is 16.3. The molecule has 6 nitrogen and oxygen atoms in total. The SMILES string of the molecule is CCCCCCn1c2ccccc2c2nnc(N/N=C/c3ccc(F)cc3)nc21. The molecule has 148 valence electrons. The molecule has 0 saturated carbocycles. The van der Waals surface area contributed by atoms with Gasteiger partial charge in [0.15, 0.2) is 5.65 Å². The van der Waals surface area contributed by atoms with Crippen molar-refractivity contribution < 1.29 is 4.39 Å². The van der Waals surface area contributed by atoms with Gasteiger partial charge in [-0.3, -0.25) is 0 Å². The highest BCUT2D eigenvalue weighted by atomic mass is 19.1. The van der Waals surface area contributed by atoms with Crippen molar-refractivity contribution >= 4 is 34.2 Å². The fourth-order valence-electron chi connectivity index (χ4n) is 3.39. The van der Waals surface area contributed by atoms with E-state index in [0.717, 1.165) is 40.6 Å². The first-order chi connectivity index (χ1) is 14.3. The number of rotatable bonds is 8. The lowest BCUT2D eigenvalue weighted by molar-refractivity contribution is 0.600. The number of anilines is 1. The van der Waals surface area contributed by atoms with E-state index in [9.17, 15) is 4.39 Å². The Morgan fingerprint density at radius 1 is 1.03 bits per heavy atom. The molecular weight excluding hydrogens is 367 g/mol. The van der Waals surface area contributed by atoms with Gasteiger partial charge < -0.3 is 4.57 Å². The zero-order valence-electron chi connectivity index (χ0n) is 16.3. The van der Waals surface area contributed by atoms with Crippen molar-refractivity contribution in [1.29, 1.82) is 0 Å². The molecule has 29 heavy (non-hydrogen) atoms. The minimum atomic E-state index is -0.278. The summed E-state index contributed by atoms with van der Waals surface area (Å²) < 4.78 is 15.2. The number of unbranched alkanes of at least 4 members (excludes halogenated alkanes) is 3. The van der Waals surface area contributed by atoms with Gasteiger partial charge in [-0.05, 0) is 30.2 Å². The number of hydrogen-bond donors (Lipinski definition) is 1. The largest absolute Gasteiger partial charge is 0.324 e. The van der Waals surface area contributed by atoms with Crippen LogP contribution in [-0.4, -0.2) is 26.0 Å². The summed E-state index contributed by atoms with van der Waals surface area (Å²) in [4.78, 5) is 4.66. The molecule has 0 radical (unpaired) electrons. The van der Waals surface area contributed by atoms with Gasteiger partial charge in [0, 0.05) is 11.9 Å². The van der Waals surface area contributed by atoms with Gasteiger partial charge in [-0.15, -0.1) is 10.2 Å². The second-order valence-electron chi connectivity index (χ2n) is 6.96. The summed E-state index contributed by atoms with van der Waals surface area (Å²) in [7, 11) is 0. The third kappa shape index (κ3) is 4.23. The molecule has 0 saturated heterocycles. The third-order valence-electron chi connectivity index (χ3n) is 4.86. The molecule has 0 fully saturated rings. The number of aryl methyl sites for hydroxylation is 1. The molecule has 2 aromatic carbocycles. The molecule has 7 heteroatoms. The normalized spacial score (nSPS) is 11.7. The van der Waals surface area contributed by atoms with Gasteiger partial charge in [0.1, 0.15) is 11.3 Å². The molecule has 1 N–H and O–H groups in total. The number of para-hydroxylation sites is 1. The number of hydrogen-bond acceptors (Lipinski definition) is 5. The first-order valence-electron chi connectivity index (χ1n) is 9.92. The quantitative estimate of drug-likeness (QED) is 0.257. The summed E-state index contributed by atoms with van der Waals surface area (Å²) in [6.07, 6.45) is 6.31. The molecule has 0 aliphatic rings. The Balaban J connectivity index is 1.61. The molecule has 0 aliphatic carbocycles. The van der Waals surface area contributed by atoms with E-state index in [1.54, 1.807) is 18.3 Å². The molecule has 2 aromatic heterocycles. The van der Waals surface area contributed by atoms with Crippen molar-refractivity contribution in [1.82, 2.24) is 19.7 Å². The maximum absolute atomic E-state index is 13.0. The van der Waals surface area contributed by atoms with Gasteiger partial charge in [0.2, 0.25) is 0 Å². The monoisotopic (exact) mass is 390 g/mol. The van der Waals surface area contributed by atoms with Gasteiger partial charge in [-0.1, -0.05) is 56.5 Å². The standard InChI is InChI=1S/C22H23FN6/c1-2-3-4-7-14-29-19-9-6-5-8-18(19)20-21(29)25-22(28-26-20)27-24-15-16-10-12-17(23)13-11-16/h5-6,8-13,15H,2-4,7,14H2,1H3,(H,25,27,28)/b24-15+. The van der Waals surface area contributed by atoms with Gasteiger partial charge in [0.25, 0.3) is 5.95 Å². The highest BCUT2D eigenvalue weighted by Crippen LogP contribution is 2.26. The van der Waals surface area contributed by atoms with E-state index < -0.39 is 0 Å². The summed E-state index contributed by atoms with van der Waals surface area (Å²) in [5, 5.41) is 13.8. The van der Waals surface area contributed by atoms with Crippen LogP contribution in [-0.2, 0) is 6.54 Å². The Morgan fingerprint density at radius 3 is 2.69 bits per heavy atom. The Labute approximate surface area is 168 Å². The van der Waals surface area contributed by atoms with E-state index in [4.69, 9.17) is 0 Å². The van der Waals surface area contributed by atoms with Crippen molar-refractivity contribution in [3.63, 3.8) is 0 Å². The second kappa shape index (κ2) is 8.77. The maximum Gasteiger partial charge on any atom is 0.265 e. The van der Waals surface area contributed by atoms with Crippen molar-refractivity contribution in [3.05, 3.63) is 59.9 Å². The molecule has 4 rings (SSSR count). The average molecular weight is 390 g/mol. The molecule has 2 heterocycles. The third-order valence-corrected chi connectivity index (χ3v) is 4.86. The minimum Gasteiger partial charge on any atom is -0.324 e. The van der Waals surface area contributed by atoms with Crippen LogP contribution >= 0.6 is 0 Å². The van der Waals surface area contributed by atoms with E-state index in [1.165, 1.54) is 31.4 Å². The number of halogens is 1. The Bertz CT molecular complexity index is 1130. The van der Waals surface area contributed by atoms with Crippen molar-refractivity contribution in [2.24, 2.45) is 5.10 Å². The number of nitrogens with one attached hydrogen (secondary N) is 1. The molecule has 0 atom stereocenters. The Morgan fingerprint density at radius 2 is 1.86 bits per heavy atom. The fourth-order valence-corrected chi connectivity index (χ4v) is 3.39. The van der Waals surface area contributed by atoms with E-state index >= 15 is 0 Å². The van der Waals surface area contributed by atoms with Crippen LogP contribution in [0.5, 0.6) is 0 Å². The molecule has 0 spiro atoms. The van der Waals surface area contributed by atoms with Crippen LogP contribution in [0.2, 0.25) is 0 Å². The topological polar surface area (TPSA) is 68.0 Å². The van der Waals surface area contributed by atoms with Gasteiger partial charge >= 0.3 is 0 Å². The summed E-state index contributed by atoms with van der Waals surface area (Å²) in [5.74, 6) is 0.0494. The van der Waals surface area contributed by atoms with Crippen LogP contribution in [0.15, 0.2) is 53.6 Å². The van der Waals surface area contributed by atoms with E-state index in [0.29, 0.717) is 5.95 Å². The zero-order chi connectivity index (χ0) is 20.1. The summed E-state index contributed by atoms with van der Waals surface area (Å²) in [6.45, 7) is 3.10. The van der Waals surface area contributed by atoms with Crippen LogP contribution in [0.25, 0.3) is 22.1 Å². The van der Waals surface area contributed by atoms with E-state index in [1.807, 2.05) is 12.1 Å². The van der Waals surface area contributed by atoms with Crippen LogP contribution in [0, 0.1) is 5.82 Å². The van der Waals surface area contributed by atoms with E-state index in [-0.39, 0.29) is 5.82 Å². The van der Waals surface area contributed by atoms with Gasteiger partial charge in [-0.25, -0.2) is 9.82 Å². The lowest BCUT2D eigenvalue weighted by Gasteiger charge is -2.06. The highest BCUT2D eigenvalue weighted by molar-refractivity contribution is 6.04. The van der Waals surface area contributed by atoms with Crippen LogP contribution < -0.4 is 5.43 Å². The first kappa shape index (κ1) is 19.0. The fraction of sp³-hybridized carbons (Fsp3) is 0.273. The molecule has 0 unspecified atom stereocenters. The summed E-state index contributed by atoms with van der Waals surface area (Å²) >= 11 is 0. The molecule has 0 bridgehead atoms. The maximum atomic E-state index is 13.0. The summed E-state index contributed by atoms with van der Waals surface area (Å²) in [6, 6.07) is 14.3. The lowest BCUT2D eigenvalue weighted by atomic mass is 10.2. The Hall–Kier alpha value is -3.35. The van der Waals surface area contributed by atoms with Gasteiger partial charge in [-0.2, -0.15) is 10.1 Å². The second-order valence-corrected chi connectivity index (χ2v) is 6.96. The van der Waals surface area contributed by atoms with Crippen LogP contribution in [0.1, 0.15) is 38.2 Å². The first-order valence-corrected chi connectivity index (χ1v) is 9.92. The number of hydrazone groups is 1. The summed E-state index contributed by atoms with van der Waals surface area (Å²) in [5.41, 5.74) is 6.32.